The van der Waals surface area contributed by atoms with Crippen LogP contribution in [0.25, 0.3) is 0 Å². The molecule has 0 amide bonds. The Bertz CT molecular complexity index is 299. The lowest BCUT2D eigenvalue weighted by molar-refractivity contribution is 0.417. The quantitative estimate of drug-likeness (QED) is 0.479. The number of nitrogen functional groups attached to an aromatic ring is 1. The lowest BCUT2D eigenvalue weighted by atomic mass is 10.2. The Labute approximate surface area is 66.0 Å². The van der Waals surface area contributed by atoms with Gasteiger partial charge in [-0.2, -0.15) is 0 Å². The number of ether oxygens (including phenoxy) is 1. The standard InChI is InChI=1S/C9H9NO/c1-3-7-5-4-6-8(11-2)9(7)10/h1,4-6H,10H2,2H3. The van der Waals surface area contributed by atoms with E-state index >= 15 is 0 Å². The average Bonchev–Trinajstić information content (AvgIpc) is 2.05. The molecule has 2 heteroatoms. The summed E-state index contributed by atoms with van der Waals surface area (Å²) in [5.41, 5.74) is 6.83. The molecule has 0 saturated carbocycles. The fraction of sp³-hybridized carbons (Fsp3) is 0.111. The Morgan fingerprint density at radius 3 is 2.82 bits per heavy atom. The molecule has 0 bridgehead atoms. The monoisotopic (exact) mass is 147 g/mol. The maximum atomic E-state index is 5.64. The number of hydrogen-bond acceptors (Lipinski definition) is 2. The molecule has 1 rings (SSSR count). The van der Waals surface area contributed by atoms with E-state index in [2.05, 4.69) is 5.92 Å². The summed E-state index contributed by atoms with van der Waals surface area (Å²) >= 11 is 0. The summed E-state index contributed by atoms with van der Waals surface area (Å²) in [7, 11) is 1.56. The fourth-order valence-electron chi connectivity index (χ4n) is 0.848. The van der Waals surface area contributed by atoms with Crippen molar-refractivity contribution < 1.29 is 4.74 Å². The molecule has 0 aliphatic heterocycles. The van der Waals surface area contributed by atoms with Crippen LogP contribution in [0.5, 0.6) is 5.75 Å². The third kappa shape index (κ3) is 1.27. The molecule has 0 atom stereocenters. The lowest BCUT2D eigenvalue weighted by Gasteiger charge is -2.04. The van der Waals surface area contributed by atoms with Crippen molar-refractivity contribution >= 4 is 5.69 Å². The van der Waals surface area contributed by atoms with Crippen LogP contribution in [0, 0.1) is 12.3 Å². The minimum atomic E-state index is 0.525. The Morgan fingerprint density at radius 2 is 2.27 bits per heavy atom. The number of benzene rings is 1. The second-order valence-corrected chi connectivity index (χ2v) is 2.07. The first-order valence-corrected chi connectivity index (χ1v) is 3.18. The molecule has 0 radical (unpaired) electrons. The molecule has 0 heterocycles. The summed E-state index contributed by atoms with van der Waals surface area (Å²) in [5.74, 6) is 3.09. The predicted octanol–water partition coefficient (Wildman–Crippen LogP) is 1.26. The number of methoxy groups -OCH3 is 1. The van der Waals surface area contributed by atoms with Crippen molar-refractivity contribution in [3.63, 3.8) is 0 Å². The molecular weight excluding hydrogens is 138 g/mol. The minimum Gasteiger partial charge on any atom is -0.495 e. The van der Waals surface area contributed by atoms with E-state index < -0.39 is 0 Å². The van der Waals surface area contributed by atoms with E-state index in [-0.39, 0.29) is 0 Å². The summed E-state index contributed by atoms with van der Waals surface area (Å²) in [4.78, 5) is 0. The van der Waals surface area contributed by atoms with E-state index in [1.807, 2.05) is 6.07 Å². The Kier molecular flexibility index (Phi) is 2.03. The van der Waals surface area contributed by atoms with Crippen molar-refractivity contribution in [2.45, 2.75) is 0 Å². The van der Waals surface area contributed by atoms with Gasteiger partial charge in [0.15, 0.2) is 0 Å². The zero-order valence-electron chi connectivity index (χ0n) is 6.29. The normalized spacial score (nSPS) is 8.73. The Hall–Kier alpha value is -1.62. The topological polar surface area (TPSA) is 35.2 Å². The van der Waals surface area contributed by atoms with Crippen LogP contribution in [0.3, 0.4) is 0 Å². The van der Waals surface area contributed by atoms with Gasteiger partial charge in [0.05, 0.1) is 18.4 Å². The van der Waals surface area contributed by atoms with E-state index in [0.29, 0.717) is 17.0 Å². The molecule has 1 aromatic rings. The summed E-state index contributed by atoms with van der Waals surface area (Å²) in [6, 6.07) is 5.36. The molecular formula is C9H9NO. The van der Waals surface area contributed by atoms with Crippen LogP contribution in [0.2, 0.25) is 0 Å². The van der Waals surface area contributed by atoms with Crippen LogP contribution in [-0.4, -0.2) is 7.11 Å². The Balaban J connectivity index is 3.23. The van der Waals surface area contributed by atoms with E-state index in [1.54, 1.807) is 19.2 Å². The van der Waals surface area contributed by atoms with Crippen molar-refractivity contribution in [3.8, 4) is 18.1 Å². The highest BCUT2D eigenvalue weighted by Crippen LogP contribution is 2.23. The van der Waals surface area contributed by atoms with Crippen LogP contribution in [0.1, 0.15) is 5.56 Å². The molecule has 2 N–H and O–H groups in total. The number of terminal acetylenes is 1. The number of anilines is 1. The molecule has 0 saturated heterocycles. The summed E-state index contributed by atoms with van der Waals surface area (Å²) in [5, 5.41) is 0. The van der Waals surface area contributed by atoms with Gasteiger partial charge in [-0.3, -0.25) is 0 Å². The fourth-order valence-corrected chi connectivity index (χ4v) is 0.848. The molecule has 2 nitrogen and oxygen atoms in total. The summed E-state index contributed by atoms with van der Waals surface area (Å²) in [6.45, 7) is 0. The zero-order valence-corrected chi connectivity index (χ0v) is 6.29. The van der Waals surface area contributed by atoms with Gasteiger partial charge in [0.2, 0.25) is 0 Å². The van der Waals surface area contributed by atoms with Gasteiger partial charge in [0.25, 0.3) is 0 Å². The summed E-state index contributed by atoms with van der Waals surface area (Å²) < 4.78 is 4.97. The second-order valence-electron chi connectivity index (χ2n) is 2.07. The number of nitrogens with two attached hydrogens (primary N) is 1. The smallest absolute Gasteiger partial charge is 0.143 e. The van der Waals surface area contributed by atoms with Gasteiger partial charge in [-0.05, 0) is 12.1 Å². The van der Waals surface area contributed by atoms with E-state index in [4.69, 9.17) is 16.9 Å². The van der Waals surface area contributed by atoms with E-state index in [0.717, 1.165) is 0 Å². The van der Waals surface area contributed by atoms with Crippen molar-refractivity contribution in [1.82, 2.24) is 0 Å². The third-order valence-electron chi connectivity index (χ3n) is 1.44. The predicted molar refractivity (Wildman–Crippen MR) is 45.3 cm³/mol. The van der Waals surface area contributed by atoms with E-state index in [1.165, 1.54) is 0 Å². The molecule has 1 aromatic carbocycles. The SMILES string of the molecule is C#Cc1cccc(OC)c1N. The molecule has 11 heavy (non-hydrogen) atoms. The maximum Gasteiger partial charge on any atom is 0.143 e. The average molecular weight is 147 g/mol. The van der Waals surface area contributed by atoms with Gasteiger partial charge in [-0.15, -0.1) is 6.42 Å². The highest BCUT2D eigenvalue weighted by atomic mass is 16.5. The maximum absolute atomic E-state index is 5.64. The molecule has 0 aliphatic carbocycles. The van der Waals surface area contributed by atoms with Crippen LogP contribution in [0.4, 0.5) is 5.69 Å². The van der Waals surface area contributed by atoms with Gasteiger partial charge >= 0.3 is 0 Å². The largest absolute Gasteiger partial charge is 0.495 e. The molecule has 0 spiro atoms. The number of hydrogen-bond donors (Lipinski definition) is 1. The van der Waals surface area contributed by atoms with Crippen LogP contribution in [-0.2, 0) is 0 Å². The number of para-hydroxylation sites is 1. The molecule has 0 aliphatic rings. The van der Waals surface area contributed by atoms with Gasteiger partial charge < -0.3 is 10.5 Å². The minimum absolute atomic E-state index is 0.525. The van der Waals surface area contributed by atoms with Crippen LogP contribution < -0.4 is 10.5 Å². The Morgan fingerprint density at radius 1 is 1.55 bits per heavy atom. The highest BCUT2D eigenvalue weighted by Gasteiger charge is 2.00. The van der Waals surface area contributed by atoms with Crippen molar-refractivity contribution in [3.05, 3.63) is 23.8 Å². The zero-order chi connectivity index (χ0) is 8.27. The first-order valence-electron chi connectivity index (χ1n) is 3.18. The van der Waals surface area contributed by atoms with Gasteiger partial charge in [0.1, 0.15) is 5.75 Å². The van der Waals surface area contributed by atoms with Crippen LogP contribution >= 0.6 is 0 Å². The van der Waals surface area contributed by atoms with E-state index in [9.17, 15) is 0 Å². The van der Waals surface area contributed by atoms with Gasteiger partial charge in [-0.1, -0.05) is 12.0 Å². The van der Waals surface area contributed by atoms with Crippen molar-refractivity contribution in [2.75, 3.05) is 12.8 Å². The van der Waals surface area contributed by atoms with Gasteiger partial charge in [-0.25, -0.2) is 0 Å². The molecule has 0 unspecified atom stereocenters. The number of rotatable bonds is 1. The van der Waals surface area contributed by atoms with Gasteiger partial charge in [0, 0.05) is 0 Å². The molecule has 0 aromatic heterocycles. The molecule has 56 valence electrons. The molecule has 0 fully saturated rings. The third-order valence-corrected chi connectivity index (χ3v) is 1.44. The van der Waals surface area contributed by atoms with Crippen molar-refractivity contribution in [1.29, 1.82) is 0 Å². The first-order chi connectivity index (χ1) is 5.29. The highest BCUT2D eigenvalue weighted by molar-refractivity contribution is 5.63. The second kappa shape index (κ2) is 2.98. The summed E-state index contributed by atoms with van der Waals surface area (Å²) in [6.07, 6.45) is 5.19. The lowest BCUT2D eigenvalue weighted by Crippen LogP contribution is -1.94. The first kappa shape index (κ1) is 7.49. The van der Waals surface area contributed by atoms with Crippen molar-refractivity contribution in [2.24, 2.45) is 0 Å². The van der Waals surface area contributed by atoms with Crippen LogP contribution in [0.15, 0.2) is 18.2 Å².